The maximum absolute atomic E-state index is 12.4. The molecule has 0 bridgehead atoms. The number of aliphatic carboxylic acids is 1. The molecule has 2 rings (SSSR count). The summed E-state index contributed by atoms with van der Waals surface area (Å²) >= 11 is 0. The third-order valence-electron chi connectivity index (χ3n) is 3.46. The summed E-state index contributed by atoms with van der Waals surface area (Å²) in [7, 11) is 0. The maximum atomic E-state index is 12.4. The summed E-state index contributed by atoms with van der Waals surface area (Å²) in [6.07, 6.45) is -1.95. The van der Waals surface area contributed by atoms with Crippen LogP contribution in [-0.2, 0) is 14.3 Å². The van der Waals surface area contributed by atoms with Gasteiger partial charge < -0.3 is 14.6 Å². The second-order valence-electron chi connectivity index (χ2n) is 5.15. The van der Waals surface area contributed by atoms with Gasteiger partial charge in [-0.25, -0.2) is 19.4 Å². The quantitative estimate of drug-likeness (QED) is 0.891. The molecule has 0 aliphatic carbocycles. The van der Waals surface area contributed by atoms with Crippen LogP contribution < -0.4 is 0 Å². The minimum atomic E-state index is -2.05. The molecule has 1 heterocycles. The van der Waals surface area contributed by atoms with Crippen molar-refractivity contribution >= 4 is 24.0 Å². The number of aliphatic imine (C=N–C) groups is 1. The van der Waals surface area contributed by atoms with Crippen LogP contribution in [0, 0.1) is 0 Å². The number of carbonyl (C=O) groups excluding carboxylic acids is 2. The molecule has 0 fully saturated rings. The van der Waals surface area contributed by atoms with Crippen LogP contribution in [0.3, 0.4) is 0 Å². The van der Waals surface area contributed by atoms with Crippen molar-refractivity contribution in [2.45, 2.75) is 26.4 Å². The molecule has 1 aromatic rings. The lowest BCUT2D eigenvalue weighted by atomic mass is 10.2. The number of amides is 2. The Morgan fingerprint density at radius 2 is 1.64 bits per heavy atom. The fourth-order valence-corrected chi connectivity index (χ4v) is 2.30. The van der Waals surface area contributed by atoms with Crippen LogP contribution in [0.5, 0.6) is 0 Å². The van der Waals surface area contributed by atoms with Crippen LogP contribution in [0.15, 0.2) is 35.3 Å². The number of carboxylic acid groups (broad SMARTS) is 1. The van der Waals surface area contributed by atoms with Crippen molar-refractivity contribution in [3.8, 4) is 0 Å². The van der Waals surface area contributed by atoms with Gasteiger partial charge in [-0.1, -0.05) is 30.3 Å². The molecule has 9 nitrogen and oxygen atoms in total. The van der Waals surface area contributed by atoms with E-state index >= 15 is 0 Å². The van der Waals surface area contributed by atoms with E-state index in [1.165, 1.54) is 6.92 Å². The van der Waals surface area contributed by atoms with E-state index in [0.717, 1.165) is 5.01 Å². The van der Waals surface area contributed by atoms with Gasteiger partial charge in [0.15, 0.2) is 5.84 Å². The SMILES string of the molecule is CCOC(=O)N1C(c2ccccc2)=NC(C)(C(=O)O)N1C(=O)OCC. The van der Waals surface area contributed by atoms with Crippen molar-refractivity contribution in [3.63, 3.8) is 0 Å². The first-order valence-corrected chi connectivity index (χ1v) is 7.69. The minimum absolute atomic E-state index is 0.00235. The number of hydrazine groups is 1. The highest BCUT2D eigenvalue weighted by molar-refractivity contribution is 6.10. The van der Waals surface area contributed by atoms with E-state index in [1.807, 2.05) is 0 Å². The van der Waals surface area contributed by atoms with Gasteiger partial charge in [0.2, 0.25) is 0 Å². The van der Waals surface area contributed by atoms with Gasteiger partial charge >= 0.3 is 18.2 Å². The van der Waals surface area contributed by atoms with Crippen molar-refractivity contribution in [2.24, 2.45) is 4.99 Å². The molecule has 1 aromatic carbocycles. The number of hydrogen-bond acceptors (Lipinski definition) is 6. The normalized spacial score (nSPS) is 19.4. The second kappa shape index (κ2) is 7.20. The highest BCUT2D eigenvalue weighted by Crippen LogP contribution is 2.31. The number of carbonyl (C=O) groups is 3. The fourth-order valence-electron chi connectivity index (χ4n) is 2.30. The molecule has 1 aliphatic rings. The zero-order chi connectivity index (χ0) is 18.6. The van der Waals surface area contributed by atoms with Gasteiger partial charge in [-0.05, 0) is 20.8 Å². The molecule has 1 atom stereocenters. The summed E-state index contributed by atoms with van der Waals surface area (Å²) in [6, 6.07) is 8.44. The van der Waals surface area contributed by atoms with Crippen LogP contribution >= 0.6 is 0 Å². The highest BCUT2D eigenvalue weighted by Gasteiger charge is 2.55. The number of nitrogens with zero attached hydrogens (tertiary/aromatic N) is 3. The van der Waals surface area contributed by atoms with Gasteiger partial charge in [0.1, 0.15) is 0 Å². The van der Waals surface area contributed by atoms with Crippen molar-refractivity contribution in [2.75, 3.05) is 13.2 Å². The van der Waals surface area contributed by atoms with E-state index in [-0.39, 0.29) is 19.0 Å². The third-order valence-corrected chi connectivity index (χ3v) is 3.46. The first-order chi connectivity index (χ1) is 11.9. The molecule has 9 heteroatoms. The minimum Gasteiger partial charge on any atom is -0.478 e. The molecule has 0 radical (unpaired) electrons. The Bertz CT molecular complexity index is 705. The molecule has 0 saturated carbocycles. The third kappa shape index (κ3) is 3.25. The average molecular weight is 349 g/mol. The molecule has 1 N–H and O–H groups in total. The summed E-state index contributed by atoms with van der Waals surface area (Å²) < 4.78 is 9.89. The number of hydrogen-bond donors (Lipinski definition) is 1. The lowest BCUT2D eigenvalue weighted by molar-refractivity contribution is -0.152. The van der Waals surface area contributed by atoms with Crippen LogP contribution in [0.1, 0.15) is 26.3 Å². The first kappa shape index (κ1) is 18.2. The molecule has 0 saturated heterocycles. The summed E-state index contributed by atoms with van der Waals surface area (Å²) in [6.45, 7) is 4.41. The van der Waals surface area contributed by atoms with E-state index in [9.17, 15) is 19.5 Å². The van der Waals surface area contributed by atoms with Gasteiger partial charge in [0.05, 0.1) is 13.2 Å². The van der Waals surface area contributed by atoms with E-state index in [0.29, 0.717) is 10.6 Å². The van der Waals surface area contributed by atoms with Crippen LogP contribution in [0.2, 0.25) is 0 Å². The Morgan fingerprint density at radius 1 is 1.08 bits per heavy atom. The van der Waals surface area contributed by atoms with Crippen LogP contribution in [0.25, 0.3) is 0 Å². The largest absolute Gasteiger partial charge is 0.478 e. The van der Waals surface area contributed by atoms with Gasteiger partial charge in [-0.15, -0.1) is 0 Å². The Hall–Kier alpha value is -3.10. The van der Waals surface area contributed by atoms with Crippen molar-refractivity contribution in [1.82, 2.24) is 10.0 Å². The summed E-state index contributed by atoms with van der Waals surface area (Å²) in [5.74, 6) is -1.43. The summed E-state index contributed by atoms with van der Waals surface area (Å²) in [5, 5.41) is 11.1. The zero-order valence-electron chi connectivity index (χ0n) is 14.1. The second-order valence-corrected chi connectivity index (χ2v) is 5.15. The average Bonchev–Trinajstić information content (AvgIpc) is 2.91. The van der Waals surface area contributed by atoms with Gasteiger partial charge in [0, 0.05) is 5.56 Å². The zero-order valence-corrected chi connectivity index (χ0v) is 14.1. The molecular weight excluding hydrogens is 330 g/mol. The smallest absolute Gasteiger partial charge is 0.435 e. The maximum Gasteiger partial charge on any atom is 0.435 e. The molecule has 2 amide bonds. The number of benzene rings is 1. The molecule has 25 heavy (non-hydrogen) atoms. The van der Waals surface area contributed by atoms with Gasteiger partial charge in [-0.3, -0.25) is 0 Å². The Labute approximate surface area is 144 Å². The summed E-state index contributed by atoms with van der Waals surface area (Å²) in [4.78, 5) is 40.8. The number of carboxylic acids is 1. The Balaban J connectivity index is 2.61. The Morgan fingerprint density at radius 3 is 2.16 bits per heavy atom. The fraction of sp³-hybridized carbons (Fsp3) is 0.375. The van der Waals surface area contributed by atoms with E-state index in [2.05, 4.69) is 4.99 Å². The lowest BCUT2D eigenvalue weighted by Crippen LogP contribution is -2.59. The molecule has 0 spiro atoms. The molecule has 134 valence electrons. The highest BCUT2D eigenvalue weighted by atomic mass is 16.6. The lowest BCUT2D eigenvalue weighted by Gasteiger charge is -2.33. The van der Waals surface area contributed by atoms with E-state index in [1.54, 1.807) is 44.2 Å². The van der Waals surface area contributed by atoms with Crippen molar-refractivity contribution < 1.29 is 29.0 Å². The van der Waals surface area contributed by atoms with E-state index in [4.69, 9.17) is 9.47 Å². The van der Waals surface area contributed by atoms with Crippen LogP contribution in [-0.4, -0.2) is 58.0 Å². The van der Waals surface area contributed by atoms with Gasteiger partial charge in [0.25, 0.3) is 5.66 Å². The molecule has 0 aromatic heterocycles. The van der Waals surface area contributed by atoms with Gasteiger partial charge in [-0.2, -0.15) is 10.0 Å². The van der Waals surface area contributed by atoms with Crippen molar-refractivity contribution in [3.05, 3.63) is 35.9 Å². The first-order valence-electron chi connectivity index (χ1n) is 7.69. The molecule has 1 unspecified atom stereocenters. The van der Waals surface area contributed by atoms with Crippen molar-refractivity contribution in [1.29, 1.82) is 0 Å². The molecule has 1 aliphatic heterocycles. The predicted octanol–water partition coefficient (Wildman–Crippen LogP) is 2.08. The number of amidine groups is 1. The molecular formula is C16H19N3O6. The number of ether oxygens (including phenoxy) is 2. The van der Waals surface area contributed by atoms with E-state index < -0.39 is 23.8 Å². The number of rotatable bonds is 4. The van der Waals surface area contributed by atoms with Crippen LogP contribution in [0.4, 0.5) is 9.59 Å². The predicted molar refractivity (Wildman–Crippen MR) is 86.7 cm³/mol. The standard InChI is InChI=1S/C16H19N3O6/c1-4-24-14(22)18-12(11-9-7-6-8-10-11)17-16(3,13(20)21)19(18)15(23)25-5-2/h6-10H,4-5H2,1-3H3,(H,20,21). The summed E-state index contributed by atoms with van der Waals surface area (Å²) in [5.41, 5.74) is -1.60. The topological polar surface area (TPSA) is 109 Å². The monoisotopic (exact) mass is 349 g/mol. The Kier molecular flexibility index (Phi) is 5.26.